The SMILES string of the molecule is COC(=O)C[C@@H](N)c1ccc(Oc2ccccc2)c(Oc2ccccc2)c1. The largest absolute Gasteiger partial charge is 0.469 e. The second kappa shape index (κ2) is 8.87. The van der Waals surface area contributed by atoms with Crippen LogP contribution >= 0.6 is 0 Å². The first-order valence-electron chi connectivity index (χ1n) is 8.58. The fraction of sp³-hybridized carbons (Fsp3) is 0.136. The average Bonchev–Trinajstić information content (AvgIpc) is 2.70. The first-order valence-corrected chi connectivity index (χ1v) is 8.58. The molecule has 0 aliphatic heterocycles. The fourth-order valence-corrected chi connectivity index (χ4v) is 2.53. The molecular weight excluding hydrogens is 342 g/mol. The van der Waals surface area contributed by atoms with Crippen LogP contribution < -0.4 is 15.2 Å². The summed E-state index contributed by atoms with van der Waals surface area (Å²) in [7, 11) is 1.34. The molecule has 3 aromatic rings. The van der Waals surface area contributed by atoms with Gasteiger partial charge in [0.25, 0.3) is 0 Å². The van der Waals surface area contributed by atoms with Crippen LogP contribution in [-0.4, -0.2) is 13.1 Å². The Labute approximate surface area is 158 Å². The minimum absolute atomic E-state index is 0.0835. The first-order chi connectivity index (χ1) is 13.2. The van der Waals surface area contributed by atoms with E-state index in [0.29, 0.717) is 23.0 Å². The van der Waals surface area contributed by atoms with E-state index < -0.39 is 6.04 Å². The Morgan fingerprint density at radius 3 is 1.96 bits per heavy atom. The van der Waals surface area contributed by atoms with Crippen molar-refractivity contribution in [2.75, 3.05) is 7.11 Å². The summed E-state index contributed by atoms with van der Waals surface area (Å²) in [6.07, 6.45) is 0.0835. The van der Waals surface area contributed by atoms with Gasteiger partial charge in [-0.15, -0.1) is 0 Å². The van der Waals surface area contributed by atoms with E-state index in [1.165, 1.54) is 7.11 Å². The summed E-state index contributed by atoms with van der Waals surface area (Å²) in [6, 6.07) is 23.7. The summed E-state index contributed by atoms with van der Waals surface area (Å²) >= 11 is 0. The van der Waals surface area contributed by atoms with E-state index in [1.54, 1.807) is 12.1 Å². The lowest BCUT2D eigenvalue weighted by atomic mass is 10.0. The van der Waals surface area contributed by atoms with Gasteiger partial charge in [0.05, 0.1) is 13.5 Å². The number of para-hydroxylation sites is 2. The number of methoxy groups -OCH3 is 1. The molecule has 0 fully saturated rings. The highest BCUT2D eigenvalue weighted by atomic mass is 16.5. The highest BCUT2D eigenvalue weighted by Gasteiger charge is 2.16. The van der Waals surface area contributed by atoms with E-state index >= 15 is 0 Å². The van der Waals surface area contributed by atoms with Crippen molar-refractivity contribution in [1.29, 1.82) is 0 Å². The second-order valence-corrected chi connectivity index (χ2v) is 5.92. The van der Waals surface area contributed by atoms with E-state index in [-0.39, 0.29) is 12.4 Å². The number of hydrogen-bond donors (Lipinski definition) is 1. The molecule has 0 aliphatic rings. The van der Waals surface area contributed by atoms with Crippen molar-refractivity contribution in [2.24, 2.45) is 5.73 Å². The Morgan fingerprint density at radius 1 is 0.852 bits per heavy atom. The predicted octanol–water partition coefficient (Wildman–Crippen LogP) is 4.83. The van der Waals surface area contributed by atoms with Gasteiger partial charge in [0.15, 0.2) is 11.5 Å². The van der Waals surface area contributed by atoms with Crippen molar-refractivity contribution >= 4 is 5.97 Å². The quantitative estimate of drug-likeness (QED) is 0.609. The summed E-state index contributed by atoms with van der Waals surface area (Å²) in [6.45, 7) is 0. The second-order valence-electron chi connectivity index (χ2n) is 5.92. The smallest absolute Gasteiger partial charge is 0.307 e. The molecule has 0 aliphatic carbocycles. The molecule has 0 amide bonds. The fourth-order valence-electron chi connectivity index (χ4n) is 2.53. The summed E-state index contributed by atoms with van der Waals surface area (Å²) in [5.41, 5.74) is 6.90. The van der Waals surface area contributed by atoms with Gasteiger partial charge in [0.1, 0.15) is 11.5 Å². The molecule has 0 aromatic heterocycles. The Morgan fingerprint density at radius 2 is 1.41 bits per heavy atom. The van der Waals surface area contributed by atoms with Crippen molar-refractivity contribution in [3.8, 4) is 23.0 Å². The Bertz CT molecular complexity index is 881. The molecule has 3 aromatic carbocycles. The number of hydrogen-bond acceptors (Lipinski definition) is 5. The standard InChI is InChI=1S/C22H21NO4/c1-25-22(24)15-19(23)16-12-13-20(26-17-8-4-2-5-9-17)21(14-16)27-18-10-6-3-7-11-18/h2-14,19H,15,23H2,1H3/t19-/m1/s1. The predicted molar refractivity (Wildman–Crippen MR) is 103 cm³/mol. The number of nitrogens with two attached hydrogens (primary N) is 1. The van der Waals surface area contributed by atoms with Crippen molar-refractivity contribution in [2.45, 2.75) is 12.5 Å². The lowest BCUT2D eigenvalue weighted by Crippen LogP contribution is -2.16. The molecule has 2 N–H and O–H groups in total. The molecule has 0 spiro atoms. The van der Waals surface area contributed by atoms with Gasteiger partial charge in [0.2, 0.25) is 0 Å². The maximum absolute atomic E-state index is 11.5. The van der Waals surface area contributed by atoms with Gasteiger partial charge in [0, 0.05) is 6.04 Å². The van der Waals surface area contributed by atoms with Crippen LogP contribution in [0.4, 0.5) is 0 Å². The van der Waals surface area contributed by atoms with E-state index in [4.69, 9.17) is 19.9 Å². The number of benzene rings is 3. The topological polar surface area (TPSA) is 70.8 Å². The number of carbonyl (C=O) groups excluding carboxylic acids is 1. The number of esters is 1. The monoisotopic (exact) mass is 363 g/mol. The zero-order valence-corrected chi connectivity index (χ0v) is 15.0. The lowest BCUT2D eigenvalue weighted by molar-refractivity contribution is -0.141. The van der Waals surface area contributed by atoms with Crippen LogP contribution in [0.15, 0.2) is 78.9 Å². The minimum atomic E-state index is -0.499. The van der Waals surface area contributed by atoms with Gasteiger partial charge < -0.3 is 19.9 Å². The molecule has 27 heavy (non-hydrogen) atoms. The summed E-state index contributed by atoms with van der Waals surface area (Å²) < 4.78 is 16.7. The minimum Gasteiger partial charge on any atom is -0.469 e. The van der Waals surface area contributed by atoms with Crippen molar-refractivity contribution in [3.63, 3.8) is 0 Å². The zero-order valence-electron chi connectivity index (χ0n) is 15.0. The highest BCUT2D eigenvalue weighted by molar-refractivity contribution is 5.70. The van der Waals surface area contributed by atoms with Crippen molar-refractivity contribution < 1.29 is 19.0 Å². The first kappa shape index (κ1) is 18.5. The number of rotatable bonds is 7. The van der Waals surface area contributed by atoms with Crippen molar-refractivity contribution in [3.05, 3.63) is 84.4 Å². The van der Waals surface area contributed by atoms with E-state index in [2.05, 4.69) is 0 Å². The molecule has 5 nitrogen and oxygen atoms in total. The maximum Gasteiger partial charge on any atom is 0.307 e. The summed E-state index contributed by atoms with van der Waals surface area (Å²) in [5, 5.41) is 0. The third kappa shape index (κ3) is 5.09. The van der Waals surface area contributed by atoms with E-state index in [0.717, 1.165) is 5.56 Å². The Kier molecular flexibility index (Phi) is 6.07. The van der Waals surface area contributed by atoms with Crippen LogP contribution in [0.2, 0.25) is 0 Å². The molecule has 0 bridgehead atoms. The van der Waals surface area contributed by atoms with E-state index in [1.807, 2.05) is 66.7 Å². The van der Waals surface area contributed by atoms with Crippen LogP contribution in [0.5, 0.6) is 23.0 Å². The van der Waals surface area contributed by atoms with Crippen LogP contribution in [0.25, 0.3) is 0 Å². The third-order valence-corrected chi connectivity index (χ3v) is 3.95. The Hall–Kier alpha value is -3.31. The third-order valence-electron chi connectivity index (χ3n) is 3.95. The van der Waals surface area contributed by atoms with Crippen LogP contribution in [-0.2, 0) is 9.53 Å². The number of carbonyl (C=O) groups is 1. The zero-order chi connectivity index (χ0) is 19.1. The molecule has 0 heterocycles. The van der Waals surface area contributed by atoms with Crippen LogP contribution in [0.1, 0.15) is 18.0 Å². The molecule has 138 valence electrons. The van der Waals surface area contributed by atoms with Gasteiger partial charge in [-0.1, -0.05) is 42.5 Å². The molecule has 0 saturated heterocycles. The molecular formula is C22H21NO4. The molecule has 5 heteroatoms. The molecule has 0 unspecified atom stereocenters. The molecule has 3 rings (SSSR count). The van der Waals surface area contributed by atoms with Crippen LogP contribution in [0.3, 0.4) is 0 Å². The van der Waals surface area contributed by atoms with Crippen LogP contribution in [0, 0.1) is 0 Å². The van der Waals surface area contributed by atoms with Gasteiger partial charge in [-0.25, -0.2) is 0 Å². The maximum atomic E-state index is 11.5. The molecule has 0 radical (unpaired) electrons. The lowest BCUT2D eigenvalue weighted by Gasteiger charge is -2.16. The normalized spacial score (nSPS) is 11.5. The van der Waals surface area contributed by atoms with E-state index in [9.17, 15) is 4.79 Å². The Balaban J connectivity index is 1.90. The van der Waals surface area contributed by atoms with Gasteiger partial charge in [-0.2, -0.15) is 0 Å². The average molecular weight is 363 g/mol. The number of ether oxygens (including phenoxy) is 3. The highest BCUT2D eigenvalue weighted by Crippen LogP contribution is 2.37. The molecule has 0 saturated carbocycles. The van der Waals surface area contributed by atoms with Gasteiger partial charge in [-0.05, 0) is 42.0 Å². The van der Waals surface area contributed by atoms with Crippen molar-refractivity contribution in [1.82, 2.24) is 0 Å². The summed E-state index contributed by atoms with van der Waals surface area (Å²) in [5.74, 6) is 2.08. The van der Waals surface area contributed by atoms with Gasteiger partial charge in [-0.3, -0.25) is 4.79 Å². The van der Waals surface area contributed by atoms with Gasteiger partial charge >= 0.3 is 5.97 Å². The molecule has 1 atom stereocenters. The summed E-state index contributed by atoms with van der Waals surface area (Å²) in [4.78, 5) is 11.5.